The first kappa shape index (κ1) is 8.18. The number of hydrogen-bond acceptors (Lipinski definition) is 3. The molecule has 0 aliphatic rings. The number of nitrogens with zero attached hydrogens (tertiary/aromatic N) is 2. The number of nitrogens with two attached hydrogens (primary N) is 1. The lowest BCUT2D eigenvalue weighted by atomic mass is 10.6. The molecule has 1 heterocycles. The lowest BCUT2D eigenvalue weighted by Crippen LogP contribution is -2.24. The van der Waals surface area contributed by atoms with Gasteiger partial charge in [0.25, 0.3) is 5.56 Å². The number of aromatic nitrogens is 2. The molecule has 7 heteroatoms. The molecule has 0 aliphatic carbocycles. The zero-order chi connectivity index (χ0) is 9.14. The molecule has 0 spiro atoms. The van der Waals surface area contributed by atoms with Crippen molar-refractivity contribution in [3.8, 4) is 0 Å². The lowest BCUT2D eigenvalue weighted by molar-refractivity contribution is 0.258. The number of rotatable bonds is 1. The Bertz CT molecular complexity index is 361. The van der Waals surface area contributed by atoms with Crippen molar-refractivity contribution in [2.45, 2.75) is 0 Å². The van der Waals surface area contributed by atoms with Crippen molar-refractivity contribution in [1.82, 2.24) is 9.77 Å². The van der Waals surface area contributed by atoms with Gasteiger partial charge in [-0.25, -0.2) is 4.79 Å². The van der Waals surface area contributed by atoms with Crippen LogP contribution < -0.4 is 16.6 Å². The monoisotopic (exact) mass is 172 g/mol. The smallest absolute Gasteiger partial charge is 0.319 e. The molecule has 0 atom stereocenters. The first-order chi connectivity index (χ1) is 5.59. The number of halogens is 1. The summed E-state index contributed by atoms with van der Waals surface area (Å²) in [5.74, 6) is -0.532. The highest BCUT2D eigenvalue weighted by Crippen LogP contribution is 1.97. The highest BCUT2D eigenvalue weighted by atomic mass is 19.2. The quantitative estimate of drug-likeness (QED) is 0.596. The van der Waals surface area contributed by atoms with Gasteiger partial charge in [0.2, 0.25) is 5.95 Å². The molecule has 0 saturated carbocycles. The summed E-state index contributed by atoms with van der Waals surface area (Å²) in [6.07, 6.45) is 0.820. The molecule has 64 valence electrons. The van der Waals surface area contributed by atoms with E-state index in [1.165, 1.54) is 0 Å². The summed E-state index contributed by atoms with van der Waals surface area (Å²) in [6, 6.07) is -0.0777. The van der Waals surface area contributed by atoms with Crippen LogP contribution in [0.3, 0.4) is 0 Å². The third-order valence-electron chi connectivity index (χ3n) is 1.00. The second kappa shape index (κ2) is 2.99. The van der Waals surface area contributed by atoms with E-state index in [0.717, 1.165) is 12.3 Å². The van der Waals surface area contributed by atoms with Gasteiger partial charge in [-0.1, -0.05) is 4.48 Å². The van der Waals surface area contributed by atoms with Crippen LogP contribution in [0.5, 0.6) is 0 Å². The fraction of sp³-hybridized carbons (Fsp3) is 0. The first-order valence-electron chi connectivity index (χ1n) is 2.92. The molecule has 0 saturated heterocycles. The molecule has 3 N–H and O–H groups in total. The number of carbonyl (C=O) groups is 1. The summed E-state index contributed by atoms with van der Waals surface area (Å²) < 4.78 is 12.6. The zero-order valence-electron chi connectivity index (χ0n) is 5.82. The van der Waals surface area contributed by atoms with Crippen LogP contribution in [0.1, 0.15) is 0 Å². The molecule has 0 aliphatic heterocycles. The minimum Gasteiger partial charge on any atom is -0.351 e. The second-order valence-electron chi connectivity index (χ2n) is 1.89. The van der Waals surface area contributed by atoms with E-state index in [2.05, 4.69) is 10.7 Å². The average Bonchev–Trinajstić information content (AvgIpc) is 1.96. The topological polar surface area (TPSA) is 90.0 Å². The summed E-state index contributed by atoms with van der Waals surface area (Å²) >= 11 is 0. The Kier molecular flexibility index (Phi) is 2.04. The highest BCUT2D eigenvalue weighted by Gasteiger charge is 2.02. The van der Waals surface area contributed by atoms with E-state index in [-0.39, 0.29) is 4.79 Å². The molecule has 1 aromatic heterocycles. The van der Waals surface area contributed by atoms with Crippen molar-refractivity contribution in [2.75, 3.05) is 5.32 Å². The highest BCUT2D eigenvalue weighted by molar-refractivity contribution is 5.85. The minimum atomic E-state index is -0.987. The molecule has 12 heavy (non-hydrogen) atoms. The maximum absolute atomic E-state index is 12.6. The van der Waals surface area contributed by atoms with Gasteiger partial charge in [-0.2, -0.15) is 9.77 Å². The summed E-state index contributed by atoms with van der Waals surface area (Å²) in [4.78, 5) is 23.9. The molecular weight excluding hydrogens is 167 g/mol. The Morgan fingerprint density at radius 3 is 3.00 bits per heavy atom. The van der Waals surface area contributed by atoms with Crippen LogP contribution in [0.25, 0.3) is 0 Å². The molecular formula is C5H5FN4O2. The number of nitrogens with one attached hydrogen (secondary N) is 1. The number of hydrogen-bond donors (Lipinski definition) is 2. The SMILES string of the molecule is NC(=O)Nc1nc(=O)ccn1F. The van der Waals surface area contributed by atoms with E-state index < -0.39 is 17.5 Å². The van der Waals surface area contributed by atoms with Gasteiger partial charge in [-0.3, -0.25) is 10.1 Å². The van der Waals surface area contributed by atoms with Crippen molar-refractivity contribution in [2.24, 2.45) is 5.73 Å². The lowest BCUT2D eigenvalue weighted by Gasteiger charge is -2.00. The summed E-state index contributed by atoms with van der Waals surface area (Å²) in [6.45, 7) is 0. The van der Waals surface area contributed by atoms with Gasteiger partial charge >= 0.3 is 6.03 Å². The van der Waals surface area contributed by atoms with Crippen molar-refractivity contribution in [3.05, 3.63) is 22.6 Å². The first-order valence-corrected chi connectivity index (χ1v) is 2.92. The van der Waals surface area contributed by atoms with E-state index in [9.17, 15) is 14.1 Å². The molecule has 0 fully saturated rings. The maximum atomic E-state index is 12.6. The van der Waals surface area contributed by atoms with Crippen LogP contribution in [0.4, 0.5) is 15.2 Å². The third kappa shape index (κ3) is 1.78. The third-order valence-corrected chi connectivity index (χ3v) is 1.00. The standard InChI is InChI=1S/C5H5FN4O2/c6-10-2-1-3(11)8-5(10)9-4(7)12/h1-2H,(H3,7,8,9,11,12). The van der Waals surface area contributed by atoms with Crippen LogP contribution in [-0.4, -0.2) is 15.8 Å². The molecule has 6 nitrogen and oxygen atoms in total. The minimum absolute atomic E-state index is 0.0217. The van der Waals surface area contributed by atoms with E-state index in [1.807, 2.05) is 5.32 Å². The molecule has 1 aromatic rings. The van der Waals surface area contributed by atoms with Crippen LogP contribution in [-0.2, 0) is 0 Å². The van der Waals surface area contributed by atoms with E-state index in [0.29, 0.717) is 0 Å². The van der Waals surface area contributed by atoms with E-state index in [1.54, 1.807) is 0 Å². The zero-order valence-corrected chi connectivity index (χ0v) is 5.82. The van der Waals surface area contributed by atoms with Gasteiger partial charge in [0.05, 0.1) is 0 Å². The predicted molar refractivity (Wildman–Crippen MR) is 38.2 cm³/mol. The second-order valence-corrected chi connectivity index (χ2v) is 1.89. The Labute approximate surface area is 65.8 Å². The Balaban J connectivity index is 3.05. The molecule has 2 amide bonds. The number of carbonyl (C=O) groups excluding carboxylic acids is 1. The van der Waals surface area contributed by atoms with Gasteiger partial charge in [-0.05, 0) is 0 Å². The van der Waals surface area contributed by atoms with E-state index >= 15 is 0 Å². The normalized spacial score (nSPS) is 9.42. The summed E-state index contributed by atoms with van der Waals surface area (Å²) in [5.41, 5.74) is 4.01. The number of anilines is 1. The van der Waals surface area contributed by atoms with Gasteiger partial charge in [0.1, 0.15) is 0 Å². The van der Waals surface area contributed by atoms with Crippen molar-refractivity contribution in [1.29, 1.82) is 0 Å². The largest absolute Gasteiger partial charge is 0.351 e. The van der Waals surface area contributed by atoms with Gasteiger partial charge in [0, 0.05) is 12.3 Å². The Hall–Kier alpha value is -1.92. The van der Waals surface area contributed by atoms with Crippen molar-refractivity contribution in [3.63, 3.8) is 0 Å². The Morgan fingerprint density at radius 2 is 2.42 bits per heavy atom. The van der Waals surface area contributed by atoms with Crippen molar-refractivity contribution < 1.29 is 9.28 Å². The fourth-order valence-corrected chi connectivity index (χ4v) is 0.581. The average molecular weight is 172 g/mol. The van der Waals surface area contributed by atoms with Gasteiger partial charge < -0.3 is 5.73 Å². The molecule has 1 rings (SSSR count). The van der Waals surface area contributed by atoms with Crippen LogP contribution in [0.15, 0.2) is 17.1 Å². The molecule has 0 bridgehead atoms. The van der Waals surface area contributed by atoms with Crippen LogP contribution in [0.2, 0.25) is 0 Å². The summed E-state index contributed by atoms with van der Waals surface area (Å²) in [7, 11) is 0. The predicted octanol–water partition coefficient (Wildman–Crippen LogP) is -0.534. The van der Waals surface area contributed by atoms with E-state index in [4.69, 9.17) is 0 Å². The van der Waals surface area contributed by atoms with Gasteiger partial charge in [0.15, 0.2) is 0 Å². The number of amides is 2. The van der Waals surface area contributed by atoms with Crippen LogP contribution >= 0.6 is 0 Å². The van der Waals surface area contributed by atoms with Crippen LogP contribution in [0, 0.1) is 0 Å². The fourth-order valence-electron chi connectivity index (χ4n) is 0.581. The Morgan fingerprint density at radius 1 is 1.75 bits per heavy atom. The summed E-state index contributed by atoms with van der Waals surface area (Å²) in [5, 5.41) is 1.83. The van der Waals surface area contributed by atoms with Crippen molar-refractivity contribution >= 4 is 12.0 Å². The number of primary amides is 1. The number of urea groups is 1. The molecule has 0 aromatic carbocycles. The molecule has 0 radical (unpaired) electrons. The maximum Gasteiger partial charge on any atom is 0.319 e. The molecule has 0 unspecified atom stereocenters. The van der Waals surface area contributed by atoms with Gasteiger partial charge in [-0.15, -0.1) is 0 Å².